The number of carbonyl (C=O) groups is 3. The zero-order chi connectivity index (χ0) is 22.0. The summed E-state index contributed by atoms with van der Waals surface area (Å²) in [4.78, 5) is 37.8. The Morgan fingerprint density at radius 3 is 1.77 bits per heavy atom. The highest BCUT2D eigenvalue weighted by Crippen LogP contribution is 2.45. The molecule has 0 radical (unpaired) electrons. The highest BCUT2D eigenvalue weighted by atomic mass is 16.5. The van der Waals surface area contributed by atoms with Crippen LogP contribution >= 0.6 is 0 Å². The van der Waals surface area contributed by atoms with E-state index < -0.39 is 34.2 Å². The molecule has 0 aliphatic carbocycles. The van der Waals surface area contributed by atoms with Crippen LogP contribution in [0.5, 0.6) is 0 Å². The van der Waals surface area contributed by atoms with Crippen LogP contribution < -0.4 is 0 Å². The molecule has 30 heavy (non-hydrogen) atoms. The first-order valence-electron chi connectivity index (χ1n) is 9.96. The van der Waals surface area contributed by atoms with Crippen molar-refractivity contribution in [1.82, 2.24) is 0 Å². The van der Waals surface area contributed by atoms with Crippen LogP contribution in [0, 0.1) is 16.2 Å². The smallest absolute Gasteiger partial charge is 0.311 e. The summed E-state index contributed by atoms with van der Waals surface area (Å²) in [5, 5.41) is 8.89. The van der Waals surface area contributed by atoms with Crippen molar-refractivity contribution in [1.29, 1.82) is 0 Å². The van der Waals surface area contributed by atoms with Crippen LogP contribution in [0.2, 0.25) is 0 Å². The van der Waals surface area contributed by atoms with Crippen LogP contribution in [0.25, 0.3) is 0 Å². The molecule has 0 saturated carbocycles. The first kappa shape index (κ1) is 33.0. The molecule has 0 aliphatic rings. The molecule has 0 aromatic carbocycles. The van der Waals surface area contributed by atoms with E-state index in [0.717, 1.165) is 12.8 Å². The summed E-state index contributed by atoms with van der Waals surface area (Å²) < 4.78 is 15.5. The molecule has 0 bridgehead atoms. The summed E-state index contributed by atoms with van der Waals surface area (Å²) in [7, 11) is 1.32. The zero-order valence-electron chi connectivity index (χ0n) is 18.6. The van der Waals surface area contributed by atoms with Crippen molar-refractivity contribution in [3.8, 4) is 0 Å². The third-order valence-electron chi connectivity index (χ3n) is 5.17. The number of hydrogen-bond acceptors (Lipinski definition) is 7. The highest BCUT2D eigenvalue weighted by molar-refractivity contribution is 5.82. The minimum absolute atomic E-state index is 0. The van der Waals surface area contributed by atoms with Gasteiger partial charge in [0, 0.05) is 0 Å². The topological polar surface area (TPSA) is 99.1 Å². The average Bonchev–Trinajstić information content (AvgIpc) is 2.64. The van der Waals surface area contributed by atoms with Crippen molar-refractivity contribution >= 4 is 17.9 Å². The molecule has 0 saturated heterocycles. The van der Waals surface area contributed by atoms with Crippen molar-refractivity contribution in [2.45, 2.75) is 88.5 Å². The van der Waals surface area contributed by atoms with Crippen molar-refractivity contribution in [2.24, 2.45) is 16.2 Å². The number of methoxy groups -OCH3 is 1. The van der Waals surface area contributed by atoms with Gasteiger partial charge in [0.25, 0.3) is 0 Å². The summed E-state index contributed by atoms with van der Waals surface area (Å²) in [5.74, 6) is -1.35. The number of rotatable bonds is 13. The molecule has 1 N–H and O–H groups in total. The van der Waals surface area contributed by atoms with E-state index >= 15 is 0 Å². The predicted molar refractivity (Wildman–Crippen MR) is 119 cm³/mol. The fourth-order valence-electron chi connectivity index (χ4n) is 3.52. The van der Waals surface area contributed by atoms with E-state index in [4.69, 9.17) is 19.3 Å². The lowest BCUT2D eigenvalue weighted by molar-refractivity contribution is -0.168. The molecular weight excluding hydrogens is 388 g/mol. The van der Waals surface area contributed by atoms with Crippen LogP contribution in [0.3, 0.4) is 0 Å². The van der Waals surface area contributed by atoms with Gasteiger partial charge in [0.05, 0.1) is 36.6 Å². The maximum Gasteiger partial charge on any atom is 0.311 e. The lowest BCUT2D eigenvalue weighted by Gasteiger charge is -2.39. The number of unbranched alkanes of at least 4 members (excludes halogenated alkanes) is 1. The first-order chi connectivity index (χ1) is 12.9. The van der Waals surface area contributed by atoms with Gasteiger partial charge in [0.2, 0.25) is 0 Å². The second-order valence-corrected chi connectivity index (χ2v) is 8.55. The minimum atomic E-state index is -1.09. The van der Waals surface area contributed by atoms with E-state index in [1.165, 1.54) is 7.11 Å². The van der Waals surface area contributed by atoms with E-state index in [9.17, 15) is 14.4 Å². The quantitative estimate of drug-likeness (QED) is 0.258. The Labute approximate surface area is 183 Å². The number of ether oxygens (including phenoxy) is 3. The van der Waals surface area contributed by atoms with Gasteiger partial charge in [0.15, 0.2) is 0 Å². The third-order valence-corrected chi connectivity index (χ3v) is 5.17. The van der Waals surface area contributed by atoms with Crippen LogP contribution in [-0.2, 0) is 28.6 Å². The maximum atomic E-state index is 13.0. The number of hydrogen-bond donors (Lipinski definition) is 1. The van der Waals surface area contributed by atoms with Crippen LogP contribution in [-0.4, -0.2) is 49.9 Å². The molecule has 2 unspecified atom stereocenters. The molecule has 0 heterocycles. The summed E-state index contributed by atoms with van der Waals surface area (Å²) in [5.41, 5.74) is -2.98. The number of esters is 3. The van der Waals surface area contributed by atoms with Gasteiger partial charge in [-0.05, 0) is 53.4 Å². The van der Waals surface area contributed by atoms with Crippen molar-refractivity contribution in [3.05, 3.63) is 0 Å². The Morgan fingerprint density at radius 1 is 0.800 bits per heavy atom. The minimum Gasteiger partial charge on any atom is -0.469 e. The molecular formula is C23H46O7. The standard InChI is InChI=1S/C21H38O7.2CH4/c1-8-10-12-27-18(25)21(6,15-20(5,9-2)17(24)26-7)14-19(3,4)16(23)28-13-11-22;;/h22H,8-15H2,1-7H3;2*1H4. The van der Waals surface area contributed by atoms with Crippen LogP contribution in [0.1, 0.15) is 88.5 Å². The van der Waals surface area contributed by atoms with Gasteiger partial charge in [0.1, 0.15) is 6.61 Å². The summed E-state index contributed by atoms with van der Waals surface area (Å²) in [6, 6.07) is 0. The Hall–Kier alpha value is -1.63. The second kappa shape index (κ2) is 14.4. The molecule has 0 amide bonds. The van der Waals surface area contributed by atoms with E-state index in [0.29, 0.717) is 13.0 Å². The van der Waals surface area contributed by atoms with Gasteiger partial charge in [-0.3, -0.25) is 14.4 Å². The largest absolute Gasteiger partial charge is 0.469 e. The summed E-state index contributed by atoms with van der Waals surface area (Å²) in [6.45, 7) is 10.6. The molecule has 0 aromatic heterocycles. The Balaban J connectivity index is -0.00000364. The van der Waals surface area contributed by atoms with Crippen molar-refractivity contribution in [2.75, 3.05) is 26.9 Å². The van der Waals surface area contributed by atoms with Gasteiger partial charge in [-0.2, -0.15) is 0 Å². The van der Waals surface area contributed by atoms with Crippen LogP contribution in [0.15, 0.2) is 0 Å². The fraction of sp³-hybridized carbons (Fsp3) is 0.870. The third kappa shape index (κ3) is 9.45. The second-order valence-electron chi connectivity index (χ2n) is 8.55. The molecule has 7 heteroatoms. The molecule has 0 rings (SSSR count). The number of aliphatic hydroxyl groups excluding tert-OH is 1. The Morgan fingerprint density at radius 2 is 1.33 bits per heavy atom. The Kier molecular flexibility index (Phi) is 15.8. The monoisotopic (exact) mass is 434 g/mol. The van der Waals surface area contributed by atoms with Crippen molar-refractivity contribution < 1.29 is 33.7 Å². The lowest BCUT2D eigenvalue weighted by Crippen LogP contribution is -2.44. The molecule has 7 nitrogen and oxygen atoms in total. The van der Waals surface area contributed by atoms with E-state index in [2.05, 4.69) is 0 Å². The van der Waals surface area contributed by atoms with E-state index in [-0.39, 0.29) is 40.9 Å². The lowest BCUT2D eigenvalue weighted by atomic mass is 9.65. The van der Waals surface area contributed by atoms with E-state index in [1.807, 2.05) is 13.8 Å². The van der Waals surface area contributed by atoms with Gasteiger partial charge in [-0.25, -0.2) is 0 Å². The highest BCUT2D eigenvalue weighted by Gasteiger charge is 2.49. The van der Waals surface area contributed by atoms with Crippen LogP contribution in [0.4, 0.5) is 0 Å². The first-order valence-corrected chi connectivity index (χ1v) is 9.96. The van der Waals surface area contributed by atoms with Gasteiger partial charge in [-0.15, -0.1) is 0 Å². The zero-order valence-corrected chi connectivity index (χ0v) is 18.6. The van der Waals surface area contributed by atoms with Gasteiger partial charge >= 0.3 is 17.9 Å². The molecule has 0 fully saturated rings. The van der Waals surface area contributed by atoms with Gasteiger partial charge in [-0.1, -0.05) is 35.1 Å². The predicted octanol–water partition coefficient (Wildman–Crippen LogP) is 4.54. The SMILES string of the molecule is C.C.CCCCOC(=O)C(C)(CC(C)(C)C(=O)OCCO)CC(C)(CC)C(=O)OC. The molecule has 0 aromatic rings. The average molecular weight is 435 g/mol. The Bertz CT molecular complexity index is 530. The number of aliphatic hydroxyl groups is 1. The fourth-order valence-corrected chi connectivity index (χ4v) is 3.52. The molecule has 0 spiro atoms. The molecule has 2 atom stereocenters. The summed E-state index contributed by atoms with van der Waals surface area (Å²) >= 11 is 0. The van der Waals surface area contributed by atoms with Crippen molar-refractivity contribution in [3.63, 3.8) is 0 Å². The number of carbonyl (C=O) groups excluding carboxylic acids is 3. The molecule has 0 aliphatic heterocycles. The molecule has 180 valence electrons. The van der Waals surface area contributed by atoms with Gasteiger partial charge < -0.3 is 19.3 Å². The summed E-state index contributed by atoms with van der Waals surface area (Å²) in [6.07, 6.45) is 2.43. The van der Waals surface area contributed by atoms with E-state index in [1.54, 1.807) is 27.7 Å². The normalized spacial score (nSPS) is 14.8. The maximum absolute atomic E-state index is 13.0.